The molecule has 2 unspecified atom stereocenters. The minimum atomic E-state index is -4.60. The minimum Gasteiger partial charge on any atom is -0.370 e. The molecular formula is C19H18ClF3O3S. The fraction of sp³-hybridized carbons (Fsp3) is 0.368. The lowest BCUT2D eigenvalue weighted by Crippen LogP contribution is -2.40. The van der Waals surface area contributed by atoms with E-state index in [0.717, 1.165) is 17.7 Å². The van der Waals surface area contributed by atoms with Crippen molar-refractivity contribution in [3.8, 4) is 0 Å². The first-order valence-corrected chi connectivity index (χ1v) is 10.3. The molecule has 0 bridgehead atoms. The van der Waals surface area contributed by atoms with E-state index in [1.165, 1.54) is 6.07 Å². The zero-order chi connectivity index (χ0) is 19.9. The lowest BCUT2D eigenvalue weighted by Gasteiger charge is -2.38. The fourth-order valence-electron chi connectivity index (χ4n) is 3.32. The van der Waals surface area contributed by atoms with Crippen LogP contribution in [0.3, 0.4) is 0 Å². The highest BCUT2D eigenvalue weighted by atomic mass is 35.5. The molecule has 146 valence electrons. The van der Waals surface area contributed by atoms with Crippen molar-refractivity contribution in [1.29, 1.82) is 0 Å². The van der Waals surface area contributed by atoms with E-state index in [1.54, 1.807) is 31.2 Å². The van der Waals surface area contributed by atoms with Crippen molar-refractivity contribution in [1.82, 2.24) is 0 Å². The van der Waals surface area contributed by atoms with Gasteiger partial charge in [0.15, 0.2) is 9.84 Å². The molecule has 1 aliphatic rings. The summed E-state index contributed by atoms with van der Waals surface area (Å²) in [6.45, 7) is 1.98. The zero-order valence-corrected chi connectivity index (χ0v) is 16.0. The van der Waals surface area contributed by atoms with E-state index in [2.05, 4.69) is 0 Å². The Balaban J connectivity index is 1.92. The SMILES string of the molecule is CC1(c2ccc(Cl)cc2)CC(S(=O)(=O)c2cccc(C(F)(F)F)c2)CCO1. The Hall–Kier alpha value is -1.57. The Labute approximate surface area is 161 Å². The Morgan fingerprint density at radius 1 is 1.15 bits per heavy atom. The average molecular weight is 419 g/mol. The third-order valence-electron chi connectivity index (χ3n) is 4.86. The minimum absolute atomic E-state index is 0.146. The standard InChI is InChI=1S/C19H18ClF3O3S/c1-18(13-5-7-15(20)8-6-13)12-17(9-10-26-18)27(24,25)16-4-2-3-14(11-16)19(21,22)23/h2-8,11,17H,9-10,12H2,1H3. The Morgan fingerprint density at radius 2 is 1.81 bits per heavy atom. The number of halogens is 4. The monoisotopic (exact) mass is 418 g/mol. The zero-order valence-electron chi connectivity index (χ0n) is 14.5. The quantitative estimate of drug-likeness (QED) is 0.685. The van der Waals surface area contributed by atoms with Crippen LogP contribution in [0.15, 0.2) is 53.4 Å². The lowest BCUT2D eigenvalue weighted by atomic mass is 9.88. The predicted octanol–water partition coefficient (Wildman–Crippen LogP) is 5.23. The van der Waals surface area contributed by atoms with Gasteiger partial charge in [-0.25, -0.2) is 8.42 Å². The summed E-state index contributed by atoms with van der Waals surface area (Å²) in [5, 5.41) is -0.290. The van der Waals surface area contributed by atoms with Crippen LogP contribution in [-0.4, -0.2) is 20.3 Å². The lowest BCUT2D eigenvalue weighted by molar-refractivity contribution is -0.137. The molecule has 3 rings (SSSR count). The molecule has 1 saturated heterocycles. The van der Waals surface area contributed by atoms with Gasteiger partial charge in [0.05, 0.1) is 21.3 Å². The molecule has 2 aromatic rings. The number of benzene rings is 2. The summed E-state index contributed by atoms with van der Waals surface area (Å²) in [5.74, 6) is 0. The predicted molar refractivity (Wildman–Crippen MR) is 96.4 cm³/mol. The van der Waals surface area contributed by atoms with E-state index in [4.69, 9.17) is 16.3 Å². The highest BCUT2D eigenvalue weighted by molar-refractivity contribution is 7.92. The van der Waals surface area contributed by atoms with Crippen LogP contribution in [-0.2, 0) is 26.4 Å². The molecule has 0 aromatic heterocycles. The highest BCUT2D eigenvalue weighted by Gasteiger charge is 2.41. The average Bonchev–Trinajstić information content (AvgIpc) is 2.61. The van der Waals surface area contributed by atoms with E-state index in [-0.39, 0.29) is 24.3 Å². The van der Waals surface area contributed by atoms with Gasteiger partial charge in [-0.1, -0.05) is 29.8 Å². The van der Waals surface area contributed by atoms with Crippen LogP contribution in [0.5, 0.6) is 0 Å². The topological polar surface area (TPSA) is 43.4 Å². The number of alkyl halides is 3. The molecular weight excluding hydrogens is 401 g/mol. The molecule has 0 radical (unpaired) electrons. The van der Waals surface area contributed by atoms with Crippen molar-refractivity contribution in [3.63, 3.8) is 0 Å². The van der Waals surface area contributed by atoms with Crippen molar-refractivity contribution in [3.05, 3.63) is 64.7 Å². The second-order valence-corrected chi connectivity index (χ2v) is 9.44. The number of sulfone groups is 1. The molecule has 1 aliphatic heterocycles. The number of hydrogen-bond donors (Lipinski definition) is 0. The third-order valence-corrected chi connectivity index (χ3v) is 7.30. The van der Waals surface area contributed by atoms with Gasteiger partial charge in [0.2, 0.25) is 0 Å². The molecule has 0 amide bonds. The summed E-state index contributed by atoms with van der Waals surface area (Å²) in [5.41, 5.74) is -1.06. The molecule has 2 aromatic carbocycles. The molecule has 0 spiro atoms. The first-order chi connectivity index (χ1) is 12.5. The van der Waals surface area contributed by atoms with Gasteiger partial charge in [-0.05, 0) is 55.7 Å². The number of hydrogen-bond acceptors (Lipinski definition) is 3. The molecule has 0 aliphatic carbocycles. The normalized spacial score (nSPS) is 24.0. The maximum Gasteiger partial charge on any atom is 0.416 e. The summed E-state index contributed by atoms with van der Waals surface area (Å²) >= 11 is 5.90. The van der Waals surface area contributed by atoms with Gasteiger partial charge in [0.1, 0.15) is 0 Å². The third kappa shape index (κ3) is 4.15. The number of rotatable bonds is 3. The molecule has 3 nitrogen and oxygen atoms in total. The second kappa shape index (κ2) is 7.11. The Kier molecular flexibility index (Phi) is 5.31. The van der Waals surface area contributed by atoms with Crippen molar-refractivity contribution < 1.29 is 26.3 Å². The summed E-state index contributed by atoms with van der Waals surface area (Å²) in [6, 6.07) is 10.8. The number of ether oxygens (including phenoxy) is 1. The van der Waals surface area contributed by atoms with Gasteiger partial charge in [-0.3, -0.25) is 0 Å². The summed E-state index contributed by atoms with van der Waals surface area (Å²) in [4.78, 5) is -0.317. The summed E-state index contributed by atoms with van der Waals surface area (Å²) < 4.78 is 70.7. The van der Waals surface area contributed by atoms with Crippen LogP contribution in [0, 0.1) is 0 Å². The van der Waals surface area contributed by atoms with Crippen molar-refractivity contribution in [2.75, 3.05) is 6.61 Å². The van der Waals surface area contributed by atoms with Crippen LogP contribution in [0.1, 0.15) is 30.9 Å². The molecule has 8 heteroatoms. The largest absolute Gasteiger partial charge is 0.416 e. The Morgan fingerprint density at radius 3 is 2.44 bits per heavy atom. The van der Waals surface area contributed by atoms with Crippen molar-refractivity contribution in [2.24, 2.45) is 0 Å². The van der Waals surface area contributed by atoms with E-state index >= 15 is 0 Å². The van der Waals surface area contributed by atoms with Gasteiger partial charge in [0, 0.05) is 11.6 Å². The first kappa shape index (κ1) is 20.2. The van der Waals surface area contributed by atoms with Crippen LogP contribution in [0.4, 0.5) is 13.2 Å². The van der Waals surface area contributed by atoms with Crippen LogP contribution in [0.25, 0.3) is 0 Å². The van der Waals surface area contributed by atoms with E-state index in [1.807, 2.05) is 0 Å². The molecule has 27 heavy (non-hydrogen) atoms. The maximum absolute atomic E-state index is 13.0. The van der Waals surface area contributed by atoms with Crippen LogP contribution in [0.2, 0.25) is 5.02 Å². The summed E-state index contributed by atoms with van der Waals surface area (Å²) in [7, 11) is -3.94. The maximum atomic E-state index is 13.0. The van der Waals surface area contributed by atoms with Gasteiger partial charge in [-0.2, -0.15) is 13.2 Å². The van der Waals surface area contributed by atoms with Crippen LogP contribution < -0.4 is 0 Å². The molecule has 0 saturated carbocycles. The van der Waals surface area contributed by atoms with Crippen LogP contribution >= 0.6 is 11.6 Å². The fourth-order valence-corrected chi connectivity index (χ4v) is 5.34. The van der Waals surface area contributed by atoms with E-state index < -0.39 is 32.4 Å². The molecule has 2 atom stereocenters. The highest BCUT2D eigenvalue weighted by Crippen LogP contribution is 2.40. The van der Waals surface area contributed by atoms with Gasteiger partial charge >= 0.3 is 6.18 Å². The molecule has 0 N–H and O–H groups in total. The van der Waals surface area contributed by atoms with Gasteiger partial charge < -0.3 is 4.74 Å². The van der Waals surface area contributed by atoms with Crippen molar-refractivity contribution in [2.45, 2.75) is 41.7 Å². The first-order valence-electron chi connectivity index (χ1n) is 8.33. The molecule has 1 heterocycles. The Bertz CT molecular complexity index is 926. The van der Waals surface area contributed by atoms with Gasteiger partial charge in [-0.15, -0.1) is 0 Å². The van der Waals surface area contributed by atoms with Gasteiger partial charge in [0.25, 0.3) is 0 Å². The smallest absolute Gasteiger partial charge is 0.370 e. The summed E-state index contributed by atoms with van der Waals surface area (Å²) in [6.07, 6.45) is -4.23. The van der Waals surface area contributed by atoms with E-state index in [9.17, 15) is 21.6 Å². The van der Waals surface area contributed by atoms with E-state index in [0.29, 0.717) is 11.1 Å². The molecule has 1 fully saturated rings. The second-order valence-electron chi connectivity index (χ2n) is 6.77. The van der Waals surface area contributed by atoms with Crippen molar-refractivity contribution >= 4 is 21.4 Å².